The Morgan fingerprint density at radius 3 is 2.71 bits per heavy atom. The van der Waals surface area contributed by atoms with Gasteiger partial charge in [0.2, 0.25) is 5.91 Å². The highest BCUT2D eigenvalue weighted by atomic mass is 16.2. The summed E-state index contributed by atoms with van der Waals surface area (Å²) in [6.45, 7) is 4.94. The lowest BCUT2D eigenvalue weighted by atomic mass is 10.1. The summed E-state index contributed by atoms with van der Waals surface area (Å²) < 4.78 is 0. The van der Waals surface area contributed by atoms with Crippen LogP contribution in [0.25, 0.3) is 0 Å². The molecule has 8 heteroatoms. The Kier molecular flexibility index (Phi) is 8.45. The van der Waals surface area contributed by atoms with Gasteiger partial charge in [0.05, 0.1) is 17.9 Å². The molecule has 0 saturated carbocycles. The topological polar surface area (TPSA) is 126 Å². The molecule has 1 rings (SSSR count). The standard InChI is InChI=1S/C16H26N6O2/c1-3-12-13(5-6-14(20-12)15(23)4-2)21-16(24)11-19-8-10-22(18)9-7-17/h5-7,9,19H,3-4,8,10-11,17-18H2,1-2H3,(H,21,24)/b9-7-. The summed E-state index contributed by atoms with van der Waals surface area (Å²) in [5.74, 6) is 5.41. The minimum atomic E-state index is -0.181. The number of nitrogens with one attached hydrogen (secondary N) is 2. The first-order chi connectivity index (χ1) is 11.5. The Bertz CT molecular complexity index is 588. The van der Waals surface area contributed by atoms with Gasteiger partial charge in [0.1, 0.15) is 5.69 Å². The van der Waals surface area contributed by atoms with Gasteiger partial charge in [-0.05, 0) is 18.6 Å². The number of rotatable bonds is 10. The molecule has 0 saturated heterocycles. The Morgan fingerprint density at radius 1 is 1.33 bits per heavy atom. The maximum atomic E-state index is 12.0. The van der Waals surface area contributed by atoms with Crippen LogP contribution >= 0.6 is 0 Å². The van der Waals surface area contributed by atoms with Gasteiger partial charge in [-0.1, -0.05) is 13.8 Å². The average Bonchev–Trinajstić information content (AvgIpc) is 2.58. The van der Waals surface area contributed by atoms with Crippen molar-refractivity contribution in [2.45, 2.75) is 26.7 Å². The van der Waals surface area contributed by atoms with E-state index in [2.05, 4.69) is 15.6 Å². The number of pyridine rings is 1. The fourth-order valence-corrected chi connectivity index (χ4v) is 2.01. The Morgan fingerprint density at radius 2 is 2.08 bits per heavy atom. The van der Waals surface area contributed by atoms with Gasteiger partial charge in [-0.25, -0.2) is 10.8 Å². The Labute approximate surface area is 142 Å². The quantitative estimate of drug-likeness (QED) is 0.211. The molecule has 1 aromatic heterocycles. The van der Waals surface area contributed by atoms with Crippen LogP contribution in [0.3, 0.4) is 0 Å². The molecular formula is C16H26N6O2. The van der Waals surface area contributed by atoms with Crippen LogP contribution in [0.1, 0.15) is 36.5 Å². The number of Topliss-reactive ketones (excluding diaryl/α,β-unsaturated/α-hetero) is 1. The van der Waals surface area contributed by atoms with Crippen molar-refractivity contribution >= 4 is 17.4 Å². The van der Waals surface area contributed by atoms with Gasteiger partial charge < -0.3 is 21.4 Å². The van der Waals surface area contributed by atoms with Crippen molar-refractivity contribution < 1.29 is 9.59 Å². The molecule has 0 aromatic carbocycles. The molecule has 0 fully saturated rings. The van der Waals surface area contributed by atoms with E-state index < -0.39 is 0 Å². The molecule has 24 heavy (non-hydrogen) atoms. The normalized spacial score (nSPS) is 10.8. The van der Waals surface area contributed by atoms with E-state index in [9.17, 15) is 9.59 Å². The number of hydrazine groups is 1. The van der Waals surface area contributed by atoms with E-state index in [1.807, 2.05) is 6.92 Å². The van der Waals surface area contributed by atoms with Crippen molar-refractivity contribution in [2.24, 2.45) is 11.6 Å². The third kappa shape index (κ3) is 6.35. The second-order valence-electron chi connectivity index (χ2n) is 5.13. The predicted octanol–water partition coefficient (Wildman–Crippen LogP) is 0.370. The number of hydrogen-bond acceptors (Lipinski definition) is 7. The monoisotopic (exact) mass is 334 g/mol. The molecule has 0 radical (unpaired) electrons. The minimum Gasteiger partial charge on any atom is -0.403 e. The van der Waals surface area contributed by atoms with Crippen LogP contribution in [0.5, 0.6) is 0 Å². The van der Waals surface area contributed by atoms with Gasteiger partial charge in [-0.15, -0.1) is 0 Å². The zero-order chi connectivity index (χ0) is 17.9. The second-order valence-corrected chi connectivity index (χ2v) is 5.13. The second kappa shape index (κ2) is 10.3. The molecule has 0 unspecified atom stereocenters. The van der Waals surface area contributed by atoms with Crippen molar-refractivity contribution in [3.8, 4) is 0 Å². The largest absolute Gasteiger partial charge is 0.403 e. The summed E-state index contributed by atoms with van der Waals surface area (Å²) >= 11 is 0. The Balaban J connectivity index is 2.53. The van der Waals surface area contributed by atoms with Gasteiger partial charge in [0, 0.05) is 31.9 Å². The summed E-state index contributed by atoms with van der Waals surface area (Å²) in [5.41, 5.74) is 6.98. The molecular weight excluding hydrogens is 308 g/mol. The third-order valence-corrected chi connectivity index (χ3v) is 3.30. The number of anilines is 1. The first-order valence-corrected chi connectivity index (χ1v) is 7.95. The predicted molar refractivity (Wildman–Crippen MR) is 94.0 cm³/mol. The number of aryl methyl sites for hydroxylation is 1. The molecule has 0 spiro atoms. The highest BCUT2D eigenvalue weighted by Crippen LogP contribution is 2.15. The molecule has 1 amide bonds. The number of amides is 1. The fourth-order valence-electron chi connectivity index (χ4n) is 2.01. The number of ketones is 1. The maximum absolute atomic E-state index is 12.0. The zero-order valence-electron chi connectivity index (χ0n) is 14.2. The van der Waals surface area contributed by atoms with E-state index in [1.165, 1.54) is 11.2 Å². The molecule has 132 valence electrons. The van der Waals surface area contributed by atoms with E-state index in [1.54, 1.807) is 25.3 Å². The van der Waals surface area contributed by atoms with Crippen LogP contribution in [0.4, 0.5) is 5.69 Å². The number of nitrogens with zero attached hydrogens (tertiary/aromatic N) is 2. The number of hydrogen-bond donors (Lipinski definition) is 4. The lowest BCUT2D eigenvalue weighted by Crippen LogP contribution is -2.36. The van der Waals surface area contributed by atoms with Crippen LogP contribution < -0.4 is 22.2 Å². The SMILES string of the molecule is CCC(=O)c1ccc(NC(=O)CNCCN(N)/C=C\N)c(CC)n1. The average molecular weight is 334 g/mol. The fraction of sp³-hybridized carbons (Fsp3) is 0.438. The van der Waals surface area contributed by atoms with Crippen LogP contribution in [-0.4, -0.2) is 41.3 Å². The van der Waals surface area contributed by atoms with Gasteiger partial charge in [0.15, 0.2) is 5.78 Å². The van der Waals surface area contributed by atoms with E-state index in [4.69, 9.17) is 11.6 Å². The van der Waals surface area contributed by atoms with E-state index >= 15 is 0 Å². The van der Waals surface area contributed by atoms with Gasteiger partial charge >= 0.3 is 0 Å². The van der Waals surface area contributed by atoms with Crippen LogP contribution in [0.2, 0.25) is 0 Å². The van der Waals surface area contributed by atoms with E-state index in [0.29, 0.717) is 43.0 Å². The van der Waals surface area contributed by atoms with E-state index in [0.717, 1.165) is 0 Å². The minimum absolute atomic E-state index is 0.0119. The number of carbonyl (C=O) groups is 2. The smallest absolute Gasteiger partial charge is 0.238 e. The molecule has 6 N–H and O–H groups in total. The first kappa shape index (κ1) is 19.6. The third-order valence-electron chi connectivity index (χ3n) is 3.30. The van der Waals surface area contributed by atoms with Crippen molar-refractivity contribution in [3.63, 3.8) is 0 Å². The van der Waals surface area contributed by atoms with Gasteiger partial charge in [-0.2, -0.15) is 0 Å². The molecule has 0 bridgehead atoms. The van der Waals surface area contributed by atoms with Crippen molar-refractivity contribution in [2.75, 3.05) is 25.0 Å². The van der Waals surface area contributed by atoms with Crippen LogP contribution in [-0.2, 0) is 11.2 Å². The Hall–Kier alpha value is -2.45. The molecule has 1 heterocycles. The lowest BCUT2D eigenvalue weighted by molar-refractivity contribution is -0.115. The van der Waals surface area contributed by atoms with Crippen LogP contribution in [0.15, 0.2) is 24.5 Å². The summed E-state index contributed by atoms with van der Waals surface area (Å²) in [5, 5.41) is 7.22. The number of carbonyl (C=O) groups excluding carboxylic acids is 2. The van der Waals surface area contributed by atoms with Crippen molar-refractivity contribution in [3.05, 3.63) is 35.9 Å². The molecule has 8 nitrogen and oxygen atoms in total. The molecule has 0 atom stereocenters. The summed E-state index contributed by atoms with van der Waals surface area (Å²) in [7, 11) is 0. The maximum Gasteiger partial charge on any atom is 0.238 e. The molecule has 0 aliphatic rings. The van der Waals surface area contributed by atoms with Crippen molar-refractivity contribution in [1.29, 1.82) is 0 Å². The highest BCUT2D eigenvalue weighted by molar-refractivity contribution is 5.96. The van der Waals surface area contributed by atoms with Crippen molar-refractivity contribution in [1.82, 2.24) is 15.3 Å². The molecule has 1 aromatic rings. The summed E-state index contributed by atoms with van der Waals surface area (Å²) in [4.78, 5) is 28.0. The lowest BCUT2D eigenvalue weighted by Gasteiger charge is -2.14. The summed E-state index contributed by atoms with van der Waals surface area (Å²) in [6, 6.07) is 3.36. The first-order valence-electron chi connectivity index (χ1n) is 7.95. The zero-order valence-corrected chi connectivity index (χ0v) is 14.2. The highest BCUT2D eigenvalue weighted by Gasteiger charge is 2.11. The van der Waals surface area contributed by atoms with E-state index in [-0.39, 0.29) is 18.2 Å². The van der Waals surface area contributed by atoms with Gasteiger partial charge in [-0.3, -0.25) is 9.59 Å². The summed E-state index contributed by atoms with van der Waals surface area (Å²) in [6.07, 6.45) is 3.92. The van der Waals surface area contributed by atoms with Crippen LogP contribution in [0, 0.1) is 0 Å². The van der Waals surface area contributed by atoms with Gasteiger partial charge in [0.25, 0.3) is 0 Å². The number of nitrogens with two attached hydrogens (primary N) is 2. The molecule has 0 aliphatic heterocycles. The molecule has 0 aliphatic carbocycles. The number of aromatic nitrogens is 1.